The van der Waals surface area contributed by atoms with Crippen molar-refractivity contribution in [3.63, 3.8) is 0 Å². The Morgan fingerprint density at radius 2 is 2.22 bits per heavy atom. The van der Waals surface area contributed by atoms with E-state index in [0.717, 1.165) is 0 Å². The quantitative estimate of drug-likeness (QED) is 0.350. The average molecular weight is 168 g/mol. The van der Waals surface area contributed by atoms with Crippen LogP contribution in [0, 0.1) is 0 Å². The zero-order valence-corrected chi connectivity index (χ0v) is 8.54. The fraction of sp³-hybridized carbons (Fsp3) is 0. The molecule has 0 bridgehead atoms. The molecule has 42 valence electrons. The van der Waals surface area contributed by atoms with E-state index >= 15 is 0 Å². The molecule has 1 nitrogen and oxygen atoms in total. The minimum absolute atomic E-state index is 0. The molecule has 0 spiro atoms. The van der Waals surface area contributed by atoms with Gasteiger partial charge in [0.05, 0.1) is 0 Å². The van der Waals surface area contributed by atoms with Crippen LogP contribution in [0.4, 0.5) is 0 Å². The second-order valence-corrected chi connectivity index (χ2v) is 2.15. The van der Waals surface area contributed by atoms with Crippen molar-refractivity contribution in [1.82, 2.24) is 4.98 Å². The Balaban J connectivity index is 0.000000640. The van der Waals surface area contributed by atoms with Gasteiger partial charge in [-0.25, -0.2) is 0 Å². The van der Waals surface area contributed by atoms with Gasteiger partial charge in [-0.3, -0.25) is 4.98 Å². The minimum Gasteiger partial charge on any atom is -0.778 e. The Kier molecular flexibility index (Phi) is 4.80. The normalized spacial score (nSPS) is 8.11. The van der Waals surface area contributed by atoms with Crippen molar-refractivity contribution in [2.45, 2.75) is 4.90 Å². The first-order valence-corrected chi connectivity index (χ1v) is 2.86. The predicted molar refractivity (Wildman–Crippen MR) is 34.9 cm³/mol. The van der Waals surface area contributed by atoms with Crippen LogP contribution in [-0.4, -0.2) is 4.98 Å². The zero-order valence-electron chi connectivity index (χ0n) is 4.97. The van der Waals surface area contributed by atoms with Gasteiger partial charge in [-0.1, -0.05) is 17.7 Å². The van der Waals surface area contributed by atoms with E-state index in [2.05, 4.69) is 4.98 Å². The van der Waals surface area contributed by atoms with Crippen LogP contribution in [0.25, 0.3) is 0 Å². The summed E-state index contributed by atoms with van der Waals surface area (Å²) in [6.45, 7) is 0. The van der Waals surface area contributed by atoms with Gasteiger partial charge in [0.25, 0.3) is 0 Å². The molecule has 0 aliphatic heterocycles. The smallest absolute Gasteiger partial charge is 0.778 e. The van der Waals surface area contributed by atoms with Gasteiger partial charge in [0.2, 0.25) is 0 Å². The molecular weight excluding hydrogens is 165 g/mol. The summed E-state index contributed by atoms with van der Waals surface area (Å²) in [5, 5.41) is 0.544. The molecule has 4 heteroatoms. The Morgan fingerprint density at radius 3 is 2.56 bits per heavy atom. The fourth-order valence-electron chi connectivity index (χ4n) is 0.362. The third-order valence-electron chi connectivity index (χ3n) is 0.735. The maximum Gasteiger partial charge on any atom is 1.00 e. The van der Waals surface area contributed by atoms with Crippen LogP contribution in [-0.2, 0) is 12.6 Å². The zero-order chi connectivity index (χ0) is 5.98. The van der Waals surface area contributed by atoms with Crippen molar-refractivity contribution in [3.8, 4) is 0 Å². The Labute approximate surface area is 86.5 Å². The van der Waals surface area contributed by atoms with E-state index in [1.165, 1.54) is 6.20 Å². The first-order valence-electron chi connectivity index (χ1n) is 2.07. The predicted octanol–water partition coefficient (Wildman–Crippen LogP) is -1.36. The third-order valence-corrected chi connectivity index (χ3v) is 1.50. The van der Waals surface area contributed by atoms with Crippen molar-refractivity contribution in [2.24, 2.45) is 0 Å². The van der Waals surface area contributed by atoms with Gasteiger partial charge in [-0.2, -0.15) is 4.90 Å². The molecule has 1 heterocycles. The van der Waals surface area contributed by atoms with E-state index in [9.17, 15) is 0 Å². The van der Waals surface area contributed by atoms with Gasteiger partial charge in [0.15, 0.2) is 0 Å². The largest absolute Gasteiger partial charge is 1.00 e. The van der Waals surface area contributed by atoms with Crippen LogP contribution in [0.2, 0.25) is 5.02 Å². The van der Waals surface area contributed by atoms with Gasteiger partial charge < -0.3 is 12.6 Å². The van der Waals surface area contributed by atoms with E-state index < -0.39 is 0 Å². The SMILES string of the molecule is [Na+].[S-]c1ccncc1Cl. The van der Waals surface area contributed by atoms with Gasteiger partial charge in [0, 0.05) is 17.4 Å². The number of rotatable bonds is 0. The van der Waals surface area contributed by atoms with Crippen LogP contribution < -0.4 is 29.6 Å². The summed E-state index contributed by atoms with van der Waals surface area (Å²) in [5.41, 5.74) is 0. The number of pyridine rings is 1. The number of nitrogens with zero attached hydrogens (tertiary/aromatic N) is 1. The molecule has 0 unspecified atom stereocenters. The second kappa shape index (κ2) is 4.47. The van der Waals surface area contributed by atoms with Crippen molar-refractivity contribution in [2.75, 3.05) is 0 Å². The molecule has 0 N–H and O–H groups in total. The van der Waals surface area contributed by atoms with Crippen LogP contribution in [0.3, 0.4) is 0 Å². The average Bonchev–Trinajstić information content (AvgIpc) is 1.77. The fourth-order valence-corrected chi connectivity index (χ4v) is 0.595. The number of halogens is 1. The van der Waals surface area contributed by atoms with Crippen molar-refractivity contribution >= 4 is 24.2 Å². The minimum atomic E-state index is 0. The van der Waals surface area contributed by atoms with Crippen LogP contribution >= 0.6 is 11.6 Å². The van der Waals surface area contributed by atoms with Crippen molar-refractivity contribution in [3.05, 3.63) is 23.5 Å². The van der Waals surface area contributed by atoms with E-state index in [-0.39, 0.29) is 29.6 Å². The van der Waals surface area contributed by atoms with Gasteiger partial charge >= 0.3 is 29.6 Å². The molecule has 0 aliphatic carbocycles. The first kappa shape index (κ1) is 9.66. The number of hydrogen-bond donors (Lipinski definition) is 0. The van der Waals surface area contributed by atoms with Gasteiger partial charge in [-0.15, -0.1) is 0 Å². The maximum absolute atomic E-state index is 5.54. The Morgan fingerprint density at radius 1 is 1.56 bits per heavy atom. The topological polar surface area (TPSA) is 12.9 Å². The summed E-state index contributed by atoms with van der Waals surface area (Å²) < 4.78 is 0. The van der Waals surface area contributed by atoms with Crippen molar-refractivity contribution in [1.29, 1.82) is 0 Å². The summed E-state index contributed by atoms with van der Waals surface area (Å²) >= 11 is 10.3. The summed E-state index contributed by atoms with van der Waals surface area (Å²) in [7, 11) is 0. The Hall–Kier alpha value is 0.660. The first-order chi connectivity index (χ1) is 3.80. The molecule has 0 saturated heterocycles. The molecule has 1 rings (SSSR count). The molecule has 0 aliphatic rings. The summed E-state index contributed by atoms with van der Waals surface area (Å²) in [6.07, 6.45) is 3.15. The molecule has 0 atom stereocenters. The molecular formula is C5H3ClNNaS. The molecule has 1 aromatic rings. The van der Waals surface area contributed by atoms with E-state index in [1.54, 1.807) is 12.3 Å². The number of hydrogen-bond acceptors (Lipinski definition) is 2. The second-order valence-electron chi connectivity index (χ2n) is 1.31. The molecule has 0 fully saturated rings. The molecule has 0 radical (unpaired) electrons. The number of aromatic nitrogens is 1. The summed E-state index contributed by atoms with van der Waals surface area (Å²) in [5.74, 6) is 0. The van der Waals surface area contributed by atoms with Crippen LogP contribution in [0.15, 0.2) is 23.4 Å². The monoisotopic (exact) mass is 167 g/mol. The van der Waals surface area contributed by atoms with E-state index in [4.69, 9.17) is 24.2 Å². The molecule has 0 saturated carbocycles. The summed E-state index contributed by atoms with van der Waals surface area (Å²) in [6, 6.07) is 1.69. The third kappa shape index (κ3) is 2.83. The van der Waals surface area contributed by atoms with E-state index in [1.807, 2.05) is 0 Å². The summed E-state index contributed by atoms with van der Waals surface area (Å²) in [4.78, 5) is 4.40. The van der Waals surface area contributed by atoms with Crippen LogP contribution in [0.5, 0.6) is 0 Å². The van der Waals surface area contributed by atoms with Crippen molar-refractivity contribution < 1.29 is 29.6 Å². The molecule has 0 amide bonds. The van der Waals surface area contributed by atoms with Crippen LogP contribution in [0.1, 0.15) is 0 Å². The molecule has 0 aromatic carbocycles. The Bertz CT molecular complexity index is 173. The molecule has 9 heavy (non-hydrogen) atoms. The van der Waals surface area contributed by atoms with E-state index in [0.29, 0.717) is 9.92 Å². The molecule has 1 aromatic heterocycles. The van der Waals surface area contributed by atoms with Gasteiger partial charge in [-0.05, 0) is 0 Å². The van der Waals surface area contributed by atoms with Gasteiger partial charge in [0.1, 0.15) is 0 Å². The maximum atomic E-state index is 5.54. The standard InChI is InChI=1S/C5H4ClNS.Na/c6-4-3-7-2-1-5(4)8;/h1-3H,(H,7,8);/q;+1/p-1.